The van der Waals surface area contributed by atoms with Gasteiger partial charge in [-0.2, -0.15) is 0 Å². The van der Waals surface area contributed by atoms with Gasteiger partial charge in [-0.05, 0) is 76.6 Å². The van der Waals surface area contributed by atoms with Crippen LogP contribution in [0.3, 0.4) is 0 Å². The molecule has 0 saturated heterocycles. The van der Waals surface area contributed by atoms with Crippen molar-refractivity contribution in [3.63, 3.8) is 0 Å². The molecule has 33 heavy (non-hydrogen) atoms. The summed E-state index contributed by atoms with van der Waals surface area (Å²) in [4.78, 5) is 27.8. The number of imide groups is 1. The topological polar surface area (TPSA) is 77.1 Å². The molecule has 0 spiro atoms. The minimum absolute atomic E-state index is 0.0141. The second-order valence-corrected chi connectivity index (χ2v) is 8.20. The number of carbonyl (C=O) groups excluding carboxylic acids is 2. The number of amides is 2. The third-order valence-corrected chi connectivity index (χ3v) is 4.88. The van der Waals surface area contributed by atoms with Crippen molar-refractivity contribution in [3.8, 4) is 11.5 Å². The number of nitrogens with zero attached hydrogens (tertiary/aromatic N) is 1. The van der Waals surface area contributed by atoms with Gasteiger partial charge in [-0.25, -0.2) is 0 Å². The largest absolute Gasteiger partial charge is 0.494 e. The second kappa shape index (κ2) is 11.0. The molecule has 2 amide bonds. The van der Waals surface area contributed by atoms with Gasteiger partial charge in [-0.1, -0.05) is 12.1 Å². The summed E-state index contributed by atoms with van der Waals surface area (Å²) in [5, 5.41) is 3.15. The first kappa shape index (κ1) is 24.3. The third kappa shape index (κ3) is 6.14. The lowest BCUT2D eigenvalue weighted by molar-refractivity contribution is -0.137. The van der Waals surface area contributed by atoms with Crippen LogP contribution in [0.1, 0.15) is 40.2 Å². The van der Waals surface area contributed by atoms with Crippen LogP contribution in [0.2, 0.25) is 0 Å². The highest BCUT2D eigenvalue weighted by Gasteiger charge is 2.39. The van der Waals surface area contributed by atoms with Crippen molar-refractivity contribution in [1.29, 1.82) is 0 Å². The summed E-state index contributed by atoms with van der Waals surface area (Å²) in [6.45, 7) is 10.7. The predicted molar refractivity (Wildman–Crippen MR) is 128 cm³/mol. The van der Waals surface area contributed by atoms with Crippen LogP contribution in [0.5, 0.6) is 11.5 Å². The molecular formula is C26H32N2O5. The Morgan fingerprint density at radius 3 is 2.06 bits per heavy atom. The van der Waals surface area contributed by atoms with Crippen LogP contribution < -0.4 is 14.8 Å². The molecule has 7 nitrogen and oxygen atoms in total. The zero-order valence-electron chi connectivity index (χ0n) is 19.9. The number of carbonyl (C=O) groups is 2. The highest BCUT2D eigenvalue weighted by molar-refractivity contribution is 6.36. The predicted octanol–water partition coefficient (Wildman–Crippen LogP) is 4.49. The Morgan fingerprint density at radius 1 is 0.848 bits per heavy atom. The summed E-state index contributed by atoms with van der Waals surface area (Å²) in [7, 11) is 0. The molecule has 0 radical (unpaired) electrons. The molecule has 2 aromatic carbocycles. The van der Waals surface area contributed by atoms with E-state index in [1.165, 1.54) is 4.90 Å². The Kier molecular flexibility index (Phi) is 8.11. The molecule has 0 aromatic heterocycles. The van der Waals surface area contributed by atoms with Crippen molar-refractivity contribution < 1.29 is 23.8 Å². The fourth-order valence-corrected chi connectivity index (χ4v) is 3.46. The molecule has 0 atom stereocenters. The number of rotatable bonds is 11. The van der Waals surface area contributed by atoms with Crippen LogP contribution in [-0.4, -0.2) is 48.7 Å². The molecule has 0 aliphatic carbocycles. The van der Waals surface area contributed by atoms with Gasteiger partial charge in [-0.15, -0.1) is 0 Å². The number of hydrogen-bond donors (Lipinski definition) is 1. The first-order valence-electron chi connectivity index (χ1n) is 11.3. The van der Waals surface area contributed by atoms with E-state index < -0.39 is 0 Å². The van der Waals surface area contributed by atoms with Crippen LogP contribution >= 0.6 is 0 Å². The second-order valence-electron chi connectivity index (χ2n) is 8.20. The molecule has 1 aliphatic heterocycles. The minimum atomic E-state index is -0.376. The number of ether oxygens (including phenoxy) is 3. The van der Waals surface area contributed by atoms with Crippen molar-refractivity contribution in [1.82, 2.24) is 4.90 Å². The van der Waals surface area contributed by atoms with Gasteiger partial charge in [-0.3, -0.25) is 14.5 Å². The summed E-state index contributed by atoms with van der Waals surface area (Å²) in [5.41, 5.74) is 1.90. The fourth-order valence-electron chi connectivity index (χ4n) is 3.46. The molecule has 0 fully saturated rings. The first-order valence-corrected chi connectivity index (χ1v) is 11.3. The van der Waals surface area contributed by atoms with Gasteiger partial charge in [0.2, 0.25) is 0 Å². The van der Waals surface area contributed by atoms with Crippen molar-refractivity contribution in [2.45, 2.75) is 46.8 Å². The lowest BCUT2D eigenvalue weighted by Crippen LogP contribution is -2.35. The van der Waals surface area contributed by atoms with Gasteiger partial charge in [0, 0.05) is 5.69 Å². The zero-order valence-corrected chi connectivity index (χ0v) is 19.9. The van der Waals surface area contributed by atoms with E-state index in [4.69, 9.17) is 14.2 Å². The molecule has 1 aliphatic rings. The summed E-state index contributed by atoms with van der Waals surface area (Å²) in [6, 6.07) is 14.5. The Morgan fingerprint density at radius 2 is 1.48 bits per heavy atom. The molecule has 1 heterocycles. The summed E-state index contributed by atoms with van der Waals surface area (Å²) in [6.07, 6.45) is 0.0540. The van der Waals surface area contributed by atoms with E-state index in [9.17, 15) is 9.59 Å². The van der Waals surface area contributed by atoms with Crippen LogP contribution in [0.25, 0.3) is 5.57 Å². The molecule has 176 valence electrons. The molecule has 3 rings (SSSR count). The van der Waals surface area contributed by atoms with E-state index in [-0.39, 0.29) is 42.9 Å². The third-order valence-electron chi connectivity index (χ3n) is 4.88. The first-order chi connectivity index (χ1) is 15.8. The fraction of sp³-hybridized carbons (Fsp3) is 0.385. The van der Waals surface area contributed by atoms with Gasteiger partial charge in [0.15, 0.2) is 0 Å². The monoisotopic (exact) mass is 452 g/mol. The quantitative estimate of drug-likeness (QED) is 0.506. The van der Waals surface area contributed by atoms with E-state index in [1.54, 1.807) is 24.3 Å². The Labute approximate surface area is 195 Å². The van der Waals surface area contributed by atoms with Crippen molar-refractivity contribution in [2.24, 2.45) is 0 Å². The average molecular weight is 453 g/mol. The van der Waals surface area contributed by atoms with E-state index in [0.717, 1.165) is 5.75 Å². The molecule has 7 heteroatoms. The SMILES string of the molecule is CCOc1ccc(NC2=C(c3ccc(OC(C)C)cc3)C(=O)N(CCOC(C)C)C2=O)cc1. The van der Waals surface area contributed by atoms with Crippen LogP contribution in [0.4, 0.5) is 5.69 Å². The maximum Gasteiger partial charge on any atom is 0.278 e. The smallest absolute Gasteiger partial charge is 0.278 e. The van der Waals surface area contributed by atoms with Gasteiger partial charge in [0.1, 0.15) is 17.2 Å². The summed E-state index contributed by atoms with van der Waals surface area (Å²) >= 11 is 0. The minimum Gasteiger partial charge on any atom is -0.494 e. The highest BCUT2D eigenvalue weighted by Crippen LogP contribution is 2.32. The summed E-state index contributed by atoms with van der Waals surface area (Å²) in [5.74, 6) is 0.714. The van der Waals surface area contributed by atoms with Gasteiger partial charge < -0.3 is 19.5 Å². The number of nitrogens with one attached hydrogen (secondary N) is 1. The lowest BCUT2D eigenvalue weighted by atomic mass is 10.0. The summed E-state index contributed by atoms with van der Waals surface area (Å²) < 4.78 is 16.8. The normalized spacial score (nSPS) is 14.0. The van der Waals surface area contributed by atoms with Crippen LogP contribution in [0, 0.1) is 0 Å². The standard InChI is InChI=1S/C26H32N2O5/c1-6-31-21-13-9-20(10-14-21)27-24-23(19-7-11-22(12-8-19)33-18(4)5)25(29)28(26(24)30)15-16-32-17(2)3/h7-14,17-18,27H,6,15-16H2,1-5H3. The lowest BCUT2D eigenvalue weighted by Gasteiger charge is -2.16. The zero-order chi connectivity index (χ0) is 24.0. The van der Waals surface area contributed by atoms with Gasteiger partial charge >= 0.3 is 0 Å². The number of hydrogen-bond acceptors (Lipinski definition) is 6. The maximum atomic E-state index is 13.3. The van der Waals surface area contributed by atoms with Gasteiger partial charge in [0.25, 0.3) is 11.8 Å². The van der Waals surface area contributed by atoms with Crippen molar-refractivity contribution in [2.75, 3.05) is 25.1 Å². The van der Waals surface area contributed by atoms with Crippen LogP contribution in [-0.2, 0) is 14.3 Å². The number of benzene rings is 2. The number of anilines is 1. The van der Waals surface area contributed by atoms with E-state index in [2.05, 4.69) is 5.32 Å². The molecule has 0 unspecified atom stereocenters. The highest BCUT2D eigenvalue weighted by atomic mass is 16.5. The van der Waals surface area contributed by atoms with Gasteiger partial charge in [0.05, 0.1) is 37.5 Å². The van der Waals surface area contributed by atoms with E-state index in [1.807, 2.05) is 58.9 Å². The maximum absolute atomic E-state index is 13.3. The average Bonchev–Trinajstić information content (AvgIpc) is 2.99. The van der Waals surface area contributed by atoms with E-state index >= 15 is 0 Å². The molecule has 0 bridgehead atoms. The van der Waals surface area contributed by atoms with Crippen molar-refractivity contribution in [3.05, 3.63) is 59.8 Å². The van der Waals surface area contributed by atoms with E-state index in [0.29, 0.717) is 29.2 Å². The molecular weight excluding hydrogens is 420 g/mol. The molecule has 0 saturated carbocycles. The Balaban J connectivity index is 1.91. The molecule has 2 aromatic rings. The van der Waals surface area contributed by atoms with Crippen LogP contribution in [0.15, 0.2) is 54.2 Å². The molecule has 1 N–H and O–H groups in total. The Bertz CT molecular complexity index is 994. The van der Waals surface area contributed by atoms with Crippen molar-refractivity contribution >= 4 is 23.1 Å². The Hall–Kier alpha value is -3.32.